The van der Waals surface area contributed by atoms with E-state index < -0.39 is 36.2 Å². The highest BCUT2D eigenvalue weighted by molar-refractivity contribution is 5.97. The molecule has 1 heterocycles. The zero-order chi connectivity index (χ0) is 19.6. The molecule has 1 aromatic carbocycles. The zero-order valence-electron chi connectivity index (χ0n) is 14.4. The summed E-state index contributed by atoms with van der Waals surface area (Å²) < 4.78 is 18.0. The van der Waals surface area contributed by atoms with Crippen LogP contribution in [-0.4, -0.2) is 42.0 Å². The van der Waals surface area contributed by atoms with Gasteiger partial charge in [-0.25, -0.2) is 4.39 Å². The summed E-state index contributed by atoms with van der Waals surface area (Å²) in [6, 6.07) is 9.02. The minimum absolute atomic E-state index is 0.151. The minimum Gasteiger partial charge on any atom is -0.369 e. The average Bonchev–Trinajstić information content (AvgIpc) is 2.66. The van der Waals surface area contributed by atoms with Crippen LogP contribution in [0, 0.1) is 5.82 Å². The number of amides is 3. The maximum absolute atomic E-state index is 13.0. The van der Waals surface area contributed by atoms with Crippen molar-refractivity contribution >= 4 is 17.7 Å². The predicted octanol–water partition coefficient (Wildman–Crippen LogP) is 0.137. The van der Waals surface area contributed by atoms with E-state index in [9.17, 15) is 18.8 Å². The monoisotopic (exact) mass is 374 g/mol. The van der Waals surface area contributed by atoms with Gasteiger partial charge in [-0.05, 0) is 36.4 Å². The van der Waals surface area contributed by atoms with Crippen molar-refractivity contribution in [2.75, 3.05) is 13.2 Å². The van der Waals surface area contributed by atoms with Crippen LogP contribution in [0.2, 0.25) is 0 Å². The number of nitrogens with one attached hydrogen (secondary N) is 2. The molecule has 0 radical (unpaired) electrons. The molecule has 0 spiro atoms. The fourth-order valence-corrected chi connectivity index (χ4v) is 2.11. The summed E-state index contributed by atoms with van der Waals surface area (Å²) in [5.41, 5.74) is 5.81. The first-order valence-corrected chi connectivity index (χ1v) is 8.06. The Morgan fingerprint density at radius 2 is 1.89 bits per heavy atom. The summed E-state index contributed by atoms with van der Waals surface area (Å²) in [6.45, 7) is -0.501. The van der Waals surface area contributed by atoms with Gasteiger partial charge < -0.3 is 21.1 Å². The van der Waals surface area contributed by atoms with Crippen molar-refractivity contribution in [1.82, 2.24) is 15.6 Å². The van der Waals surface area contributed by atoms with E-state index in [2.05, 4.69) is 15.6 Å². The molecular weight excluding hydrogens is 355 g/mol. The first-order chi connectivity index (χ1) is 13.0. The molecule has 0 bridgehead atoms. The Morgan fingerprint density at radius 1 is 1.15 bits per heavy atom. The molecule has 0 fully saturated rings. The molecule has 2 aromatic rings. The highest BCUT2D eigenvalue weighted by Gasteiger charge is 2.22. The maximum Gasteiger partial charge on any atom is 0.251 e. The number of halogens is 1. The standard InChI is InChI=1S/C18H19FN4O4/c19-13-6-4-12(5-7-13)17(25)23-15(10-27-11-16(20)24)18(26)22-9-14-3-1-2-8-21-14/h1-8,15H,9-11H2,(H2,20,24)(H,22,26)(H,23,25)/t15-/m0/s1. The fraction of sp³-hybridized carbons (Fsp3) is 0.222. The van der Waals surface area contributed by atoms with Crippen molar-refractivity contribution in [2.24, 2.45) is 5.73 Å². The molecule has 3 amide bonds. The van der Waals surface area contributed by atoms with E-state index in [1.54, 1.807) is 24.4 Å². The Hall–Kier alpha value is -3.33. The van der Waals surface area contributed by atoms with Crippen LogP contribution in [0.4, 0.5) is 4.39 Å². The average molecular weight is 374 g/mol. The van der Waals surface area contributed by atoms with E-state index in [-0.39, 0.29) is 18.7 Å². The van der Waals surface area contributed by atoms with Crippen LogP contribution in [0.3, 0.4) is 0 Å². The lowest BCUT2D eigenvalue weighted by molar-refractivity contribution is -0.128. The Morgan fingerprint density at radius 3 is 2.52 bits per heavy atom. The van der Waals surface area contributed by atoms with Crippen molar-refractivity contribution in [3.8, 4) is 0 Å². The molecule has 4 N–H and O–H groups in total. The van der Waals surface area contributed by atoms with Gasteiger partial charge >= 0.3 is 0 Å². The number of ether oxygens (including phenoxy) is 1. The van der Waals surface area contributed by atoms with E-state index in [1.165, 1.54) is 12.1 Å². The molecule has 0 saturated carbocycles. The van der Waals surface area contributed by atoms with Crippen LogP contribution in [0.25, 0.3) is 0 Å². The smallest absolute Gasteiger partial charge is 0.251 e. The summed E-state index contributed by atoms with van der Waals surface area (Å²) in [4.78, 5) is 39.6. The molecule has 0 aliphatic rings. The van der Waals surface area contributed by atoms with Crippen molar-refractivity contribution in [3.05, 3.63) is 65.7 Å². The van der Waals surface area contributed by atoms with Gasteiger partial charge in [0.15, 0.2) is 0 Å². The largest absolute Gasteiger partial charge is 0.369 e. The van der Waals surface area contributed by atoms with E-state index in [4.69, 9.17) is 10.5 Å². The second-order valence-corrected chi connectivity index (χ2v) is 5.55. The first-order valence-electron chi connectivity index (χ1n) is 8.06. The van der Waals surface area contributed by atoms with Gasteiger partial charge in [0.2, 0.25) is 11.8 Å². The van der Waals surface area contributed by atoms with Gasteiger partial charge in [-0.15, -0.1) is 0 Å². The molecule has 1 aromatic heterocycles. The summed E-state index contributed by atoms with van der Waals surface area (Å²) in [6.07, 6.45) is 1.59. The van der Waals surface area contributed by atoms with Crippen molar-refractivity contribution in [2.45, 2.75) is 12.6 Å². The maximum atomic E-state index is 13.0. The molecular formula is C18H19FN4O4. The van der Waals surface area contributed by atoms with Crippen LogP contribution < -0.4 is 16.4 Å². The number of pyridine rings is 1. The van der Waals surface area contributed by atoms with E-state index in [1.807, 2.05) is 0 Å². The Labute approximate surface area is 154 Å². The van der Waals surface area contributed by atoms with Gasteiger partial charge in [-0.3, -0.25) is 19.4 Å². The number of primary amides is 1. The number of hydrogen-bond acceptors (Lipinski definition) is 5. The highest BCUT2D eigenvalue weighted by Crippen LogP contribution is 2.03. The Bertz CT molecular complexity index is 784. The second kappa shape index (κ2) is 9.97. The summed E-state index contributed by atoms with van der Waals surface area (Å²) in [5.74, 6) is -2.30. The molecule has 0 aliphatic carbocycles. The molecule has 0 aliphatic heterocycles. The van der Waals surface area contributed by atoms with Gasteiger partial charge in [-0.1, -0.05) is 6.07 Å². The van der Waals surface area contributed by atoms with Gasteiger partial charge in [0.25, 0.3) is 5.91 Å². The molecule has 9 heteroatoms. The number of carbonyl (C=O) groups excluding carboxylic acids is 3. The Kier molecular flexibility index (Phi) is 7.38. The lowest BCUT2D eigenvalue weighted by atomic mass is 10.2. The third-order valence-electron chi connectivity index (χ3n) is 3.43. The summed E-state index contributed by atoms with van der Waals surface area (Å²) in [7, 11) is 0. The Balaban J connectivity index is 2.00. The molecule has 0 saturated heterocycles. The van der Waals surface area contributed by atoms with E-state index in [0.717, 1.165) is 12.1 Å². The number of nitrogens with two attached hydrogens (primary N) is 1. The van der Waals surface area contributed by atoms with Crippen LogP contribution in [0.15, 0.2) is 48.7 Å². The molecule has 142 valence electrons. The second-order valence-electron chi connectivity index (χ2n) is 5.55. The van der Waals surface area contributed by atoms with Crippen LogP contribution in [0.5, 0.6) is 0 Å². The van der Waals surface area contributed by atoms with Crippen LogP contribution >= 0.6 is 0 Å². The number of carbonyl (C=O) groups is 3. The van der Waals surface area contributed by atoms with Crippen molar-refractivity contribution in [3.63, 3.8) is 0 Å². The van der Waals surface area contributed by atoms with Crippen LogP contribution in [-0.2, 0) is 20.9 Å². The number of benzene rings is 1. The number of aromatic nitrogens is 1. The van der Waals surface area contributed by atoms with Crippen molar-refractivity contribution < 1.29 is 23.5 Å². The molecule has 1 atom stereocenters. The topological polar surface area (TPSA) is 123 Å². The quantitative estimate of drug-likeness (QED) is 0.576. The minimum atomic E-state index is -1.08. The molecule has 27 heavy (non-hydrogen) atoms. The van der Waals surface area contributed by atoms with Gasteiger partial charge in [0.1, 0.15) is 18.5 Å². The highest BCUT2D eigenvalue weighted by atomic mass is 19.1. The van der Waals surface area contributed by atoms with E-state index in [0.29, 0.717) is 5.69 Å². The normalized spacial score (nSPS) is 11.4. The predicted molar refractivity (Wildman–Crippen MR) is 93.8 cm³/mol. The zero-order valence-corrected chi connectivity index (χ0v) is 14.4. The first kappa shape index (κ1) is 20.0. The third-order valence-corrected chi connectivity index (χ3v) is 3.43. The van der Waals surface area contributed by atoms with Crippen LogP contribution in [0.1, 0.15) is 16.1 Å². The number of hydrogen-bond donors (Lipinski definition) is 3. The van der Waals surface area contributed by atoms with Crippen molar-refractivity contribution in [1.29, 1.82) is 0 Å². The third kappa shape index (κ3) is 6.83. The lowest BCUT2D eigenvalue weighted by Crippen LogP contribution is -2.49. The van der Waals surface area contributed by atoms with Gasteiger partial charge in [0, 0.05) is 11.8 Å². The van der Waals surface area contributed by atoms with Gasteiger partial charge in [-0.2, -0.15) is 0 Å². The number of nitrogens with zero attached hydrogens (tertiary/aromatic N) is 1. The SMILES string of the molecule is NC(=O)COC[C@H](NC(=O)c1ccc(F)cc1)C(=O)NCc1ccccn1. The molecule has 2 rings (SSSR count). The van der Waals surface area contributed by atoms with Gasteiger partial charge in [0.05, 0.1) is 18.8 Å². The summed E-state index contributed by atoms with van der Waals surface area (Å²) in [5, 5.41) is 5.12. The fourth-order valence-electron chi connectivity index (χ4n) is 2.11. The lowest BCUT2D eigenvalue weighted by Gasteiger charge is -2.18. The number of rotatable bonds is 9. The molecule has 0 unspecified atom stereocenters. The molecule has 8 nitrogen and oxygen atoms in total. The van der Waals surface area contributed by atoms with E-state index >= 15 is 0 Å². The summed E-state index contributed by atoms with van der Waals surface area (Å²) >= 11 is 0.